The molecule has 0 N–H and O–H groups in total. The van der Waals surface area contributed by atoms with Crippen molar-refractivity contribution in [2.75, 3.05) is 13.7 Å². The van der Waals surface area contributed by atoms with Crippen molar-refractivity contribution in [2.24, 2.45) is 5.10 Å². The van der Waals surface area contributed by atoms with Gasteiger partial charge in [-0.2, -0.15) is 9.78 Å². The van der Waals surface area contributed by atoms with Crippen molar-refractivity contribution in [3.05, 3.63) is 64.2 Å². The third-order valence-corrected chi connectivity index (χ3v) is 5.59. The number of aromatic nitrogens is 2. The van der Waals surface area contributed by atoms with E-state index >= 15 is 0 Å². The van der Waals surface area contributed by atoms with Crippen LogP contribution in [0.4, 0.5) is 0 Å². The van der Waals surface area contributed by atoms with Gasteiger partial charge >= 0.3 is 0 Å². The maximum absolute atomic E-state index is 13.3. The number of nitrogens with zero attached hydrogens (tertiary/aromatic N) is 3. The molecule has 4 rings (SSSR count). The largest absolute Gasteiger partial charge is 0.493 e. The highest BCUT2D eigenvalue weighted by Crippen LogP contribution is 2.32. The second-order valence-corrected chi connectivity index (χ2v) is 7.56. The third-order valence-electron chi connectivity index (χ3n) is 5.59. The summed E-state index contributed by atoms with van der Waals surface area (Å²) in [5, 5.41) is 5.12. The molecule has 1 aliphatic rings. The molecule has 1 fully saturated rings. The van der Waals surface area contributed by atoms with Crippen LogP contribution in [0.1, 0.15) is 49.4 Å². The summed E-state index contributed by atoms with van der Waals surface area (Å²) < 4.78 is 12.5. The molecule has 0 aliphatic heterocycles. The van der Waals surface area contributed by atoms with Gasteiger partial charge in [-0.3, -0.25) is 4.79 Å². The van der Waals surface area contributed by atoms with Gasteiger partial charge in [-0.1, -0.05) is 43.4 Å². The van der Waals surface area contributed by atoms with Crippen molar-refractivity contribution >= 4 is 17.1 Å². The third kappa shape index (κ3) is 4.31. The minimum atomic E-state index is -0.170. The molecule has 2 aromatic carbocycles. The molecule has 1 aromatic heterocycles. The quantitative estimate of drug-likeness (QED) is 0.444. The number of hydrogen-bond donors (Lipinski definition) is 0. The van der Waals surface area contributed by atoms with E-state index in [1.54, 1.807) is 25.5 Å². The molecule has 31 heavy (non-hydrogen) atoms. The number of hydrogen-bond acceptors (Lipinski definition) is 5. The summed E-state index contributed by atoms with van der Waals surface area (Å²) in [4.78, 5) is 18.2. The van der Waals surface area contributed by atoms with E-state index in [2.05, 4.69) is 11.0 Å². The summed E-state index contributed by atoms with van der Waals surface area (Å²) in [7, 11) is 1.57. The number of methoxy groups -OCH3 is 1. The molecule has 3 aromatic rings. The van der Waals surface area contributed by atoms with Crippen molar-refractivity contribution < 1.29 is 9.47 Å². The molecule has 6 nitrogen and oxygen atoms in total. The molecule has 0 spiro atoms. The number of rotatable bonds is 6. The van der Waals surface area contributed by atoms with Crippen LogP contribution in [0.25, 0.3) is 10.9 Å². The summed E-state index contributed by atoms with van der Waals surface area (Å²) in [5.41, 5.74) is 1.21. The van der Waals surface area contributed by atoms with Gasteiger partial charge in [-0.25, -0.2) is 4.98 Å². The molecule has 0 radical (unpaired) electrons. The lowest BCUT2D eigenvalue weighted by Gasteiger charge is -2.22. The predicted octanol–water partition coefficient (Wildman–Crippen LogP) is 4.35. The Kier molecular flexibility index (Phi) is 6.32. The molecule has 1 saturated carbocycles. The Bertz CT molecular complexity index is 1200. The van der Waals surface area contributed by atoms with Crippen LogP contribution in [0.3, 0.4) is 0 Å². The second kappa shape index (κ2) is 9.48. The Morgan fingerprint density at radius 3 is 2.77 bits per heavy atom. The lowest BCUT2D eigenvalue weighted by atomic mass is 9.88. The first-order valence-electron chi connectivity index (χ1n) is 10.5. The van der Waals surface area contributed by atoms with Crippen LogP contribution < -0.4 is 15.0 Å². The zero-order valence-electron chi connectivity index (χ0n) is 17.6. The molecule has 0 unspecified atom stereocenters. The van der Waals surface area contributed by atoms with Gasteiger partial charge in [0.15, 0.2) is 11.5 Å². The van der Waals surface area contributed by atoms with Gasteiger partial charge in [0, 0.05) is 11.5 Å². The molecule has 6 heteroatoms. The Balaban J connectivity index is 1.83. The summed E-state index contributed by atoms with van der Waals surface area (Å²) in [6.07, 6.45) is 12.5. The average Bonchev–Trinajstić information content (AvgIpc) is 2.82. The summed E-state index contributed by atoms with van der Waals surface area (Å²) in [6.45, 7) is 0.103. The van der Waals surface area contributed by atoms with Gasteiger partial charge in [-0.15, -0.1) is 6.42 Å². The van der Waals surface area contributed by atoms with Crippen LogP contribution in [-0.2, 0) is 0 Å². The van der Waals surface area contributed by atoms with Crippen LogP contribution in [0.2, 0.25) is 0 Å². The van der Waals surface area contributed by atoms with E-state index in [-0.39, 0.29) is 18.1 Å². The highest BCUT2D eigenvalue weighted by molar-refractivity contribution is 5.85. The van der Waals surface area contributed by atoms with Gasteiger partial charge in [0.1, 0.15) is 12.4 Å². The highest BCUT2D eigenvalue weighted by atomic mass is 16.5. The predicted molar refractivity (Wildman–Crippen MR) is 122 cm³/mol. The first-order valence-corrected chi connectivity index (χ1v) is 10.5. The number of fused-ring (bicyclic) bond motifs is 1. The normalized spacial score (nSPS) is 14.6. The molecular formula is C25H25N3O3. The van der Waals surface area contributed by atoms with Crippen molar-refractivity contribution in [2.45, 2.75) is 38.0 Å². The van der Waals surface area contributed by atoms with Gasteiger partial charge in [0.25, 0.3) is 5.56 Å². The minimum Gasteiger partial charge on any atom is -0.493 e. The lowest BCUT2D eigenvalue weighted by molar-refractivity contribution is 0.330. The van der Waals surface area contributed by atoms with Crippen molar-refractivity contribution in [1.29, 1.82) is 0 Å². The Labute approximate surface area is 181 Å². The van der Waals surface area contributed by atoms with Crippen LogP contribution in [0.5, 0.6) is 11.5 Å². The second-order valence-electron chi connectivity index (χ2n) is 7.56. The monoisotopic (exact) mass is 415 g/mol. The van der Waals surface area contributed by atoms with E-state index in [9.17, 15) is 4.79 Å². The highest BCUT2D eigenvalue weighted by Gasteiger charge is 2.22. The van der Waals surface area contributed by atoms with Crippen LogP contribution in [0.15, 0.2) is 52.4 Å². The first-order chi connectivity index (χ1) is 15.2. The summed E-state index contributed by atoms with van der Waals surface area (Å²) in [5.74, 6) is 4.44. The number of benzene rings is 2. The fourth-order valence-corrected chi connectivity index (χ4v) is 4.06. The van der Waals surface area contributed by atoms with Gasteiger partial charge in [0.2, 0.25) is 0 Å². The molecule has 158 valence electrons. The van der Waals surface area contributed by atoms with E-state index in [1.165, 1.54) is 11.1 Å². The lowest BCUT2D eigenvalue weighted by Crippen LogP contribution is -2.25. The summed E-state index contributed by atoms with van der Waals surface area (Å²) in [6, 6.07) is 12.9. The van der Waals surface area contributed by atoms with Crippen molar-refractivity contribution in [3.8, 4) is 23.8 Å². The number of terminal acetylenes is 1. The fraction of sp³-hybridized carbons (Fsp3) is 0.320. The molecule has 0 atom stereocenters. The SMILES string of the molecule is C#CCOc1c(C=Nn2c(C3CCCCC3)nc3ccccc3c2=O)cccc1OC. The fourth-order valence-electron chi connectivity index (χ4n) is 4.06. The smallest absolute Gasteiger partial charge is 0.282 e. The molecule has 0 saturated heterocycles. The zero-order valence-corrected chi connectivity index (χ0v) is 17.6. The number of ether oxygens (including phenoxy) is 2. The van der Waals surface area contributed by atoms with E-state index in [1.807, 2.05) is 30.3 Å². The van der Waals surface area contributed by atoms with Crippen LogP contribution in [-0.4, -0.2) is 29.6 Å². The van der Waals surface area contributed by atoms with E-state index < -0.39 is 0 Å². The van der Waals surface area contributed by atoms with E-state index in [0.29, 0.717) is 33.8 Å². The maximum atomic E-state index is 13.3. The van der Waals surface area contributed by atoms with Crippen LogP contribution >= 0.6 is 0 Å². The zero-order chi connectivity index (χ0) is 21.6. The first kappa shape index (κ1) is 20.7. The Morgan fingerprint density at radius 1 is 1.19 bits per heavy atom. The molecule has 0 bridgehead atoms. The standard InChI is InChI=1S/C25H25N3O3/c1-3-16-31-23-19(12-9-15-22(23)30-2)17-26-28-24(18-10-5-4-6-11-18)27-21-14-8-7-13-20(21)25(28)29/h1,7-9,12-15,17-18H,4-6,10-11,16H2,2H3. The molecule has 1 aliphatic carbocycles. The van der Waals surface area contributed by atoms with Crippen LogP contribution in [0, 0.1) is 12.3 Å². The Morgan fingerprint density at radius 2 is 2.00 bits per heavy atom. The van der Waals surface area contributed by atoms with Crippen molar-refractivity contribution in [3.63, 3.8) is 0 Å². The maximum Gasteiger partial charge on any atom is 0.282 e. The van der Waals surface area contributed by atoms with Crippen molar-refractivity contribution in [1.82, 2.24) is 9.66 Å². The summed E-state index contributed by atoms with van der Waals surface area (Å²) >= 11 is 0. The average molecular weight is 415 g/mol. The van der Waals surface area contributed by atoms with Gasteiger partial charge in [-0.05, 0) is 37.1 Å². The Hall–Kier alpha value is -3.59. The van der Waals surface area contributed by atoms with E-state index in [4.69, 9.17) is 20.9 Å². The number of para-hydroxylation sites is 2. The van der Waals surface area contributed by atoms with E-state index in [0.717, 1.165) is 25.7 Å². The topological polar surface area (TPSA) is 65.7 Å². The molecular weight excluding hydrogens is 390 g/mol. The van der Waals surface area contributed by atoms with Gasteiger partial charge in [0.05, 0.1) is 24.2 Å². The molecule has 0 amide bonds. The minimum absolute atomic E-state index is 0.103. The molecule has 1 heterocycles. The van der Waals surface area contributed by atoms with Gasteiger partial charge < -0.3 is 9.47 Å².